The number of nitrogens with zero attached hydrogens (tertiary/aromatic N) is 3. The Labute approximate surface area is 64.6 Å². The van der Waals surface area contributed by atoms with E-state index in [4.69, 9.17) is 15.4 Å². The molecule has 0 saturated carbocycles. The van der Waals surface area contributed by atoms with Gasteiger partial charge >= 0.3 is 0 Å². The minimum Gasteiger partial charge on any atom is -0.394 e. The van der Waals surface area contributed by atoms with Crippen LogP contribution in [0.1, 0.15) is 13.3 Å². The van der Waals surface area contributed by atoms with E-state index in [2.05, 4.69) is 10.0 Å². The maximum absolute atomic E-state index is 8.77. The van der Waals surface area contributed by atoms with Crippen molar-refractivity contribution in [2.75, 3.05) is 6.61 Å². The number of hydrogen-bond donors (Lipinski definition) is 1. The van der Waals surface area contributed by atoms with Crippen LogP contribution < -0.4 is 0 Å². The van der Waals surface area contributed by atoms with Crippen molar-refractivity contribution in [3.8, 4) is 0 Å². The van der Waals surface area contributed by atoms with E-state index in [9.17, 15) is 0 Å². The summed E-state index contributed by atoms with van der Waals surface area (Å²) in [5, 5.41) is 12.3. The summed E-state index contributed by atoms with van der Waals surface area (Å²) < 4.78 is 5.26. The lowest BCUT2D eigenvalue weighted by molar-refractivity contribution is 0.0157. The third-order valence-corrected chi connectivity index (χ3v) is 1.79. The molecule has 0 radical (unpaired) electrons. The van der Waals surface area contributed by atoms with Crippen molar-refractivity contribution >= 4 is 0 Å². The maximum Gasteiger partial charge on any atom is 0.0894 e. The predicted octanol–water partition coefficient (Wildman–Crippen LogP) is 0.835. The van der Waals surface area contributed by atoms with Gasteiger partial charge in [0.1, 0.15) is 0 Å². The van der Waals surface area contributed by atoms with Crippen LogP contribution in [0.25, 0.3) is 10.4 Å². The molecule has 0 aromatic rings. The molecule has 1 saturated heterocycles. The maximum atomic E-state index is 8.77. The SMILES string of the molecule is C[C@H]1C[C@H](N=[N+]=[N-])[C@@H](CO)O1. The lowest BCUT2D eigenvalue weighted by Crippen LogP contribution is -2.22. The fourth-order valence-corrected chi connectivity index (χ4v) is 1.29. The van der Waals surface area contributed by atoms with Gasteiger partial charge in [0.15, 0.2) is 0 Å². The van der Waals surface area contributed by atoms with Crippen molar-refractivity contribution < 1.29 is 9.84 Å². The first-order valence-corrected chi connectivity index (χ1v) is 3.58. The van der Waals surface area contributed by atoms with E-state index in [1.807, 2.05) is 6.92 Å². The van der Waals surface area contributed by atoms with Gasteiger partial charge in [-0.05, 0) is 18.9 Å². The monoisotopic (exact) mass is 157 g/mol. The number of ether oxygens (including phenoxy) is 1. The van der Waals surface area contributed by atoms with E-state index in [1.165, 1.54) is 0 Å². The Hall–Kier alpha value is -0.770. The van der Waals surface area contributed by atoms with E-state index in [-0.39, 0.29) is 24.9 Å². The number of aliphatic hydroxyl groups is 1. The minimum atomic E-state index is -0.305. The van der Waals surface area contributed by atoms with Crippen LogP contribution in [0.3, 0.4) is 0 Å². The van der Waals surface area contributed by atoms with Crippen molar-refractivity contribution in [3.05, 3.63) is 10.4 Å². The van der Waals surface area contributed by atoms with E-state index in [0.717, 1.165) is 0 Å². The molecule has 1 fully saturated rings. The second kappa shape index (κ2) is 3.57. The Kier molecular flexibility index (Phi) is 2.70. The number of hydrogen-bond acceptors (Lipinski definition) is 3. The molecule has 0 aromatic heterocycles. The molecule has 0 spiro atoms. The van der Waals surface area contributed by atoms with E-state index in [0.29, 0.717) is 6.42 Å². The van der Waals surface area contributed by atoms with Crippen molar-refractivity contribution in [3.63, 3.8) is 0 Å². The van der Waals surface area contributed by atoms with E-state index in [1.54, 1.807) is 0 Å². The van der Waals surface area contributed by atoms with Gasteiger partial charge in [-0.1, -0.05) is 5.11 Å². The van der Waals surface area contributed by atoms with E-state index < -0.39 is 0 Å². The van der Waals surface area contributed by atoms with Crippen LogP contribution in [0, 0.1) is 0 Å². The van der Waals surface area contributed by atoms with Crippen LogP contribution in [0.5, 0.6) is 0 Å². The van der Waals surface area contributed by atoms with Crippen molar-refractivity contribution in [1.82, 2.24) is 0 Å². The Morgan fingerprint density at radius 1 is 1.82 bits per heavy atom. The number of aliphatic hydroxyl groups excluding tert-OH is 1. The first kappa shape index (κ1) is 8.33. The lowest BCUT2D eigenvalue weighted by Gasteiger charge is -2.09. The molecule has 5 nitrogen and oxygen atoms in total. The summed E-state index contributed by atoms with van der Waals surface area (Å²) in [5.74, 6) is 0. The Morgan fingerprint density at radius 3 is 3.09 bits per heavy atom. The number of azide groups is 1. The normalized spacial score (nSPS) is 36.7. The van der Waals surface area contributed by atoms with Crippen molar-refractivity contribution in [1.29, 1.82) is 0 Å². The van der Waals surface area contributed by atoms with Gasteiger partial charge in [-0.3, -0.25) is 0 Å². The van der Waals surface area contributed by atoms with Crippen LogP contribution in [-0.4, -0.2) is 30.0 Å². The standard InChI is InChI=1S/C6H11N3O2/c1-4-2-5(8-9-7)6(3-10)11-4/h4-6,10H,2-3H2,1H3/t4-,5-,6+/m0/s1. The highest BCUT2D eigenvalue weighted by atomic mass is 16.5. The fourth-order valence-electron chi connectivity index (χ4n) is 1.29. The Balaban J connectivity index is 2.56. The summed E-state index contributed by atoms with van der Waals surface area (Å²) in [7, 11) is 0. The average molecular weight is 157 g/mol. The van der Waals surface area contributed by atoms with E-state index >= 15 is 0 Å². The zero-order chi connectivity index (χ0) is 8.27. The largest absolute Gasteiger partial charge is 0.394 e. The average Bonchev–Trinajstić information content (AvgIpc) is 2.32. The van der Waals surface area contributed by atoms with Gasteiger partial charge in [-0.2, -0.15) is 0 Å². The molecule has 1 rings (SSSR count). The van der Waals surface area contributed by atoms with Gasteiger partial charge in [-0.25, -0.2) is 0 Å². The predicted molar refractivity (Wildman–Crippen MR) is 39.0 cm³/mol. The Morgan fingerprint density at radius 2 is 2.55 bits per heavy atom. The second-order valence-corrected chi connectivity index (χ2v) is 2.68. The van der Waals surface area contributed by atoms with Crippen molar-refractivity contribution in [2.45, 2.75) is 31.6 Å². The quantitative estimate of drug-likeness (QED) is 0.366. The van der Waals surface area contributed by atoms with Gasteiger partial charge < -0.3 is 9.84 Å². The van der Waals surface area contributed by atoms with Gasteiger partial charge in [0.25, 0.3) is 0 Å². The molecule has 1 aliphatic heterocycles. The molecule has 11 heavy (non-hydrogen) atoms. The first-order chi connectivity index (χ1) is 5.27. The molecule has 1 N–H and O–H groups in total. The summed E-state index contributed by atoms with van der Waals surface area (Å²) >= 11 is 0. The summed E-state index contributed by atoms with van der Waals surface area (Å²) in [5.41, 5.74) is 8.15. The first-order valence-electron chi connectivity index (χ1n) is 3.58. The highest BCUT2D eigenvalue weighted by molar-refractivity contribution is 4.85. The fraction of sp³-hybridized carbons (Fsp3) is 1.00. The van der Waals surface area contributed by atoms with Crippen LogP contribution in [0.2, 0.25) is 0 Å². The van der Waals surface area contributed by atoms with Crippen molar-refractivity contribution in [2.24, 2.45) is 5.11 Å². The molecule has 1 aliphatic rings. The topological polar surface area (TPSA) is 78.2 Å². The highest BCUT2D eigenvalue weighted by Gasteiger charge is 2.31. The van der Waals surface area contributed by atoms with Gasteiger partial charge in [-0.15, -0.1) is 0 Å². The molecule has 1 heterocycles. The molecule has 62 valence electrons. The van der Waals surface area contributed by atoms with Gasteiger partial charge in [0.05, 0.1) is 24.9 Å². The molecule has 3 atom stereocenters. The third kappa shape index (κ3) is 1.83. The zero-order valence-electron chi connectivity index (χ0n) is 6.34. The minimum absolute atomic E-state index is 0.0754. The van der Waals surface area contributed by atoms with Gasteiger partial charge in [0, 0.05) is 4.91 Å². The van der Waals surface area contributed by atoms with Crippen LogP contribution in [0.4, 0.5) is 0 Å². The van der Waals surface area contributed by atoms with Crippen LogP contribution >= 0.6 is 0 Å². The Bertz CT molecular complexity index is 179. The molecular formula is C6H11N3O2. The molecule has 0 aromatic carbocycles. The van der Waals surface area contributed by atoms with Crippen LogP contribution in [-0.2, 0) is 4.74 Å². The smallest absolute Gasteiger partial charge is 0.0894 e. The summed E-state index contributed by atoms with van der Waals surface area (Å²) in [6.45, 7) is 1.82. The highest BCUT2D eigenvalue weighted by Crippen LogP contribution is 2.22. The molecule has 5 heteroatoms. The lowest BCUT2D eigenvalue weighted by atomic mass is 10.1. The molecular weight excluding hydrogens is 146 g/mol. The third-order valence-electron chi connectivity index (χ3n) is 1.79. The second-order valence-electron chi connectivity index (χ2n) is 2.68. The molecule has 0 unspecified atom stereocenters. The molecule has 0 bridgehead atoms. The van der Waals surface area contributed by atoms with Gasteiger partial charge in [0.2, 0.25) is 0 Å². The summed E-state index contributed by atoms with van der Waals surface area (Å²) in [6.07, 6.45) is 0.485. The molecule has 0 aliphatic carbocycles. The number of rotatable bonds is 2. The summed E-state index contributed by atoms with van der Waals surface area (Å²) in [6, 6.07) is -0.194. The summed E-state index contributed by atoms with van der Waals surface area (Å²) in [4.78, 5) is 2.68. The van der Waals surface area contributed by atoms with Crippen LogP contribution in [0.15, 0.2) is 5.11 Å². The molecule has 0 amide bonds. The zero-order valence-corrected chi connectivity index (χ0v) is 6.34.